The first-order chi connectivity index (χ1) is 25.4. The van der Waals surface area contributed by atoms with E-state index in [1.54, 1.807) is 31.2 Å². The zero-order valence-electron chi connectivity index (χ0n) is 30.3. The van der Waals surface area contributed by atoms with Crippen LogP contribution >= 0.6 is 11.3 Å². The standard InChI is InChI=1S/C39H44F6N2O6S/c1-4-8-32-37(53-27-21-33(54-23-27)39(43,44)45,16-7-20-47(32)35(50)28-22-46-19-15-29(28)38(40,41)42)34(49)26-13-17-36(51,18-14-26)30-9-5-6-10-31(30)52-25(3)12-11-24(2)48/h5-6,9-10,15,19,21-23,25-26,32,51H,4,7-8,11-14,16-18,20H2,1-3H3/t25?,26?,32-,36?,37+/m1/s1. The number of Topliss-reactive ketones (excluding diaryl/α,β-unsaturated/α-hetero) is 2. The molecule has 1 N–H and O–H groups in total. The highest BCUT2D eigenvalue weighted by Crippen LogP contribution is 2.48. The Labute approximate surface area is 313 Å². The number of carbonyl (C=O) groups is 3. The van der Waals surface area contributed by atoms with Gasteiger partial charge in [0.15, 0.2) is 11.4 Å². The minimum absolute atomic E-state index is 0.00619. The summed E-state index contributed by atoms with van der Waals surface area (Å²) in [6, 6.07) is 7.35. The molecule has 2 aliphatic rings. The lowest BCUT2D eigenvalue weighted by molar-refractivity contribution is -0.153. The molecule has 15 heteroatoms. The highest BCUT2D eigenvalue weighted by molar-refractivity contribution is 7.10. The topological polar surface area (TPSA) is 106 Å². The smallest absolute Gasteiger partial charge is 0.425 e. The molecule has 2 aromatic heterocycles. The van der Waals surface area contributed by atoms with Gasteiger partial charge in [0.05, 0.1) is 28.9 Å². The molecule has 8 nitrogen and oxygen atoms in total. The van der Waals surface area contributed by atoms with Crippen LogP contribution < -0.4 is 9.47 Å². The number of hydrogen-bond acceptors (Lipinski definition) is 8. The molecule has 3 heterocycles. The zero-order valence-corrected chi connectivity index (χ0v) is 31.1. The second-order valence-electron chi connectivity index (χ2n) is 14.3. The number of benzene rings is 1. The number of pyridine rings is 1. The number of thiophene rings is 1. The molecule has 3 atom stereocenters. The fraction of sp³-hybridized carbons (Fsp3) is 0.538. The third kappa shape index (κ3) is 8.93. The molecule has 1 saturated heterocycles. The molecule has 5 rings (SSSR count). The fourth-order valence-electron chi connectivity index (χ4n) is 7.76. The molecule has 0 radical (unpaired) electrons. The van der Waals surface area contributed by atoms with E-state index in [1.807, 2.05) is 6.92 Å². The first-order valence-electron chi connectivity index (χ1n) is 18.1. The molecule has 1 saturated carbocycles. The van der Waals surface area contributed by atoms with Crippen LogP contribution in [0.2, 0.25) is 0 Å². The van der Waals surface area contributed by atoms with Gasteiger partial charge in [0, 0.05) is 48.3 Å². The maximum Gasteiger partial charge on any atom is 0.425 e. The van der Waals surface area contributed by atoms with Crippen LogP contribution in [0.5, 0.6) is 11.5 Å². The quantitative estimate of drug-likeness (QED) is 0.173. The Morgan fingerprint density at radius 3 is 2.39 bits per heavy atom. The Morgan fingerprint density at radius 2 is 1.76 bits per heavy atom. The summed E-state index contributed by atoms with van der Waals surface area (Å²) in [4.78, 5) is 44.5. The molecule has 2 fully saturated rings. The van der Waals surface area contributed by atoms with Gasteiger partial charge < -0.3 is 24.3 Å². The Morgan fingerprint density at radius 1 is 1.06 bits per heavy atom. The van der Waals surface area contributed by atoms with E-state index in [0.717, 1.165) is 23.8 Å². The van der Waals surface area contributed by atoms with Crippen LogP contribution in [-0.4, -0.2) is 56.8 Å². The molecule has 0 bridgehead atoms. The molecule has 1 aromatic carbocycles. The molecule has 1 aliphatic heterocycles. The maximum atomic E-state index is 15.0. The SMILES string of the molecule is CCC[C@H]1N(C(=O)c2cnccc2C(F)(F)F)CCC[C@@]1(Oc1csc(C(F)(F)F)c1)C(=O)C1CCC(O)(c2ccccc2OC(C)CCC(C)=O)CC1. The summed E-state index contributed by atoms with van der Waals surface area (Å²) in [5.74, 6) is -2.02. The van der Waals surface area contributed by atoms with Crippen LogP contribution in [0.4, 0.5) is 26.3 Å². The van der Waals surface area contributed by atoms with E-state index in [0.29, 0.717) is 48.0 Å². The Balaban J connectivity index is 1.48. The summed E-state index contributed by atoms with van der Waals surface area (Å²) in [5.41, 5.74) is -4.68. The van der Waals surface area contributed by atoms with E-state index >= 15 is 0 Å². The van der Waals surface area contributed by atoms with E-state index in [4.69, 9.17) is 9.47 Å². The monoisotopic (exact) mass is 782 g/mol. The summed E-state index contributed by atoms with van der Waals surface area (Å²) >= 11 is 0.385. The molecule has 1 aliphatic carbocycles. The number of para-hydroxylation sites is 1. The van der Waals surface area contributed by atoms with Gasteiger partial charge >= 0.3 is 12.4 Å². The largest absolute Gasteiger partial charge is 0.490 e. The first kappa shape index (κ1) is 41.2. The third-order valence-corrected chi connectivity index (χ3v) is 11.4. The zero-order chi connectivity index (χ0) is 39.5. The van der Waals surface area contributed by atoms with Gasteiger partial charge in [-0.25, -0.2) is 0 Å². The molecular formula is C39H44F6N2O6S. The number of hydrogen-bond donors (Lipinski definition) is 1. The van der Waals surface area contributed by atoms with Crippen LogP contribution in [0.25, 0.3) is 0 Å². The van der Waals surface area contributed by atoms with Gasteiger partial charge in [-0.3, -0.25) is 14.6 Å². The van der Waals surface area contributed by atoms with Crippen molar-refractivity contribution < 1.29 is 55.3 Å². The van der Waals surface area contributed by atoms with Crippen molar-refractivity contribution in [2.24, 2.45) is 5.92 Å². The van der Waals surface area contributed by atoms with Crippen molar-refractivity contribution in [3.63, 3.8) is 0 Å². The Kier molecular flexibility index (Phi) is 12.5. The number of aromatic nitrogens is 1. The highest BCUT2D eigenvalue weighted by atomic mass is 32.1. The summed E-state index contributed by atoms with van der Waals surface area (Å²) in [6.45, 7) is 5.08. The van der Waals surface area contributed by atoms with Crippen molar-refractivity contribution in [2.75, 3.05) is 6.54 Å². The van der Waals surface area contributed by atoms with Crippen molar-refractivity contribution in [1.29, 1.82) is 0 Å². The number of alkyl halides is 6. The lowest BCUT2D eigenvalue weighted by Crippen LogP contribution is -2.66. The minimum atomic E-state index is -4.88. The number of rotatable bonds is 13. The van der Waals surface area contributed by atoms with Gasteiger partial charge in [-0.15, -0.1) is 11.3 Å². The minimum Gasteiger partial charge on any atom is -0.490 e. The third-order valence-electron chi connectivity index (χ3n) is 10.4. The normalized spacial score (nSPS) is 24.1. The fourth-order valence-corrected chi connectivity index (χ4v) is 8.43. The number of ether oxygens (including phenoxy) is 2. The average Bonchev–Trinajstić information content (AvgIpc) is 3.60. The van der Waals surface area contributed by atoms with Gasteiger partial charge in [-0.05, 0) is 77.3 Å². The van der Waals surface area contributed by atoms with Gasteiger partial charge in [0.1, 0.15) is 22.2 Å². The molecule has 294 valence electrons. The van der Waals surface area contributed by atoms with E-state index < -0.39 is 63.2 Å². The van der Waals surface area contributed by atoms with E-state index in [2.05, 4.69) is 4.98 Å². The number of nitrogens with zero attached hydrogens (tertiary/aromatic N) is 2. The Hall–Kier alpha value is -3.98. The van der Waals surface area contributed by atoms with Crippen molar-refractivity contribution in [3.8, 4) is 11.5 Å². The van der Waals surface area contributed by atoms with E-state index in [9.17, 15) is 45.8 Å². The number of carbonyl (C=O) groups excluding carboxylic acids is 3. The van der Waals surface area contributed by atoms with Gasteiger partial charge in [-0.1, -0.05) is 31.5 Å². The molecule has 54 heavy (non-hydrogen) atoms. The van der Waals surface area contributed by atoms with Crippen LogP contribution in [0.15, 0.2) is 54.2 Å². The van der Waals surface area contributed by atoms with E-state index in [-0.39, 0.29) is 69.1 Å². The number of ketones is 2. The van der Waals surface area contributed by atoms with Gasteiger partial charge in [0.2, 0.25) is 0 Å². The molecule has 3 aromatic rings. The highest BCUT2D eigenvalue weighted by Gasteiger charge is 2.56. The summed E-state index contributed by atoms with van der Waals surface area (Å²) in [6.07, 6.45) is -6.18. The van der Waals surface area contributed by atoms with Crippen LogP contribution in [0, 0.1) is 5.92 Å². The predicted octanol–water partition coefficient (Wildman–Crippen LogP) is 9.19. The molecule has 1 amide bonds. The molecule has 1 unspecified atom stereocenters. The number of halogens is 6. The maximum absolute atomic E-state index is 15.0. The van der Waals surface area contributed by atoms with Crippen LogP contribution in [0.3, 0.4) is 0 Å². The van der Waals surface area contributed by atoms with Crippen molar-refractivity contribution in [1.82, 2.24) is 9.88 Å². The second-order valence-corrected chi connectivity index (χ2v) is 15.2. The number of amides is 1. The number of piperidine rings is 1. The van der Waals surface area contributed by atoms with Crippen LogP contribution in [-0.2, 0) is 27.5 Å². The molecular weight excluding hydrogens is 738 g/mol. The number of likely N-dealkylation sites (tertiary alicyclic amines) is 1. The van der Waals surface area contributed by atoms with E-state index in [1.165, 1.54) is 11.8 Å². The summed E-state index contributed by atoms with van der Waals surface area (Å²) in [5, 5.41) is 13.1. The summed E-state index contributed by atoms with van der Waals surface area (Å²) < 4.78 is 95.7. The Bertz CT molecular complexity index is 1800. The van der Waals surface area contributed by atoms with Crippen molar-refractivity contribution in [3.05, 3.63) is 75.7 Å². The molecule has 0 spiro atoms. The second kappa shape index (κ2) is 16.4. The first-order valence-corrected chi connectivity index (χ1v) is 19.0. The van der Waals surface area contributed by atoms with Crippen molar-refractivity contribution >= 4 is 28.8 Å². The summed E-state index contributed by atoms with van der Waals surface area (Å²) in [7, 11) is 0. The van der Waals surface area contributed by atoms with Crippen LogP contribution in [0.1, 0.15) is 111 Å². The number of aliphatic hydroxyl groups is 1. The lowest BCUT2D eigenvalue weighted by Gasteiger charge is -2.50. The van der Waals surface area contributed by atoms with Crippen molar-refractivity contribution in [2.45, 2.75) is 121 Å². The average molecular weight is 783 g/mol. The van der Waals surface area contributed by atoms with Gasteiger partial charge in [0.25, 0.3) is 5.91 Å². The predicted molar refractivity (Wildman–Crippen MR) is 188 cm³/mol. The van der Waals surface area contributed by atoms with Gasteiger partial charge in [-0.2, -0.15) is 26.3 Å². The lowest BCUT2D eigenvalue weighted by atomic mass is 9.68.